The van der Waals surface area contributed by atoms with Crippen LogP contribution in [0.1, 0.15) is 46.6 Å². The summed E-state index contributed by atoms with van der Waals surface area (Å²) in [7, 11) is 0. The molecule has 5 aromatic rings. The highest BCUT2D eigenvalue weighted by Crippen LogP contribution is 2.25. The van der Waals surface area contributed by atoms with Gasteiger partial charge in [0.15, 0.2) is 11.6 Å². The molecule has 0 unspecified atom stereocenters. The van der Waals surface area contributed by atoms with Crippen molar-refractivity contribution in [2.45, 2.75) is 26.4 Å². The van der Waals surface area contributed by atoms with Gasteiger partial charge in [0.1, 0.15) is 18.9 Å². The summed E-state index contributed by atoms with van der Waals surface area (Å²) in [5, 5.41) is 15.0. The topological polar surface area (TPSA) is 157 Å². The van der Waals surface area contributed by atoms with Gasteiger partial charge in [0.2, 0.25) is 17.3 Å². The molecule has 13 nitrogen and oxygen atoms in total. The van der Waals surface area contributed by atoms with E-state index in [1.54, 1.807) is 47.3 Å². The molecule has 1 atom stereocenters. The van der Waals surface area contributed by atoms with Crippen LogP contribution in [0.2, 0.25) is 0 Å². The lowest BCUT2D eigenvalue weighted by atomic mass is 10.0. The fourth-order valence-corrected chi connectivity index (χ4v) is 5.10. The number of aromatic nitrogens is 5. The molecule has 2 aromatic carbocycles. The summed E-state index contributed by atoms with van der Waals surface area (Å²) in [4.78, 5) is 50.7. The van der Waals surface area contributed by atoms with Gasteiger partial charge >= 0.3 is 0 Å². The van der Waals surface area contributed by atoms with Crippen LogP contribution in [0, 0.1) is 5.92 Å². The highest BCUT2D eigenvalue weighted by molar-refractivity contribution is 6.04. The fraction of sp³-hybridized carbons (Fsp3) is 0.281. The van der Waals surface area contributed by atoms with Crippen molar-refractivity contribution in [3.63, 3.8) is 0 Å². The van der Waals surface area contributed by atoms with Gasteiger partial charge in [0.05, 0.1) is 18.0 Å². The normalized spacial score (nSPS) is 16.4. The average Bonchev–Trinajstić information content (AvgIpc) is 3.67. The average molecular weight is 609 g/mol. The Balaban J connectivity index is 1.36. The summed E-state index contributed by atoms with van der Waals surface area (Å²) < 4.78 is 13.1. The van der Waals surface area contributed by atoms with Crippen molar-refractivity contribution in [2.24, 2.45) is 5.92 Å². The number of carbonyl (C=O) groups excluding carboxylic acids is 3. The number of hydrogen-bond donors (Lipinski definition) is 2. The van der Waals surface area contributed by atoms with Gasteiger partial charge in [0.25, 0.3) is 11.8 Å². The summed E-state index contributed by atoms with van der Waals surface area (Å²) in [6.45, 7) is 4.33. The lowest BCUT2D eigenvalue weighted by molar-refractivity contribution is -0.123. The second-order valence-electron chi connectivity index (χ2n) is 10.9. The molecule has 4 heterocycles. The molecule has 2 bridgehead atoms. The molecule has 0 saturated carbocycles. The number of hydrogen-bond acceptors (Lipinski definition) is 9. The standard InChI is InChI=1S/C32H32N8O5/c1-20(2)26-30-36-28(21-8-4-3-5-9-21)37-40(30)16-17-44-23-11-6-10-22(18-23)31(42)34-14-15-39(19-25(41)35-26)32(43)27-24-12-7-13-33-29(24)38-45-27/h3-13,18,20,26H,14-17,19H2,1-2H3,(H,34,42)(H,35,41)/t26-/m0/s1. The van der Waals surface area contributed by atoms with Crippen LogP contribution in [-0.2, 0) is 11.3 Å². The van der Waals surface area contributed by atoms with Crippen molar-refractivity contribution in [1.82, 2.24) is 40.4 Å². The zero-order valence-electron chi connectivity index (χ0n) is 24.8. The largest absolute Gasteiger partial charge is 0.492 e. The van der Waals surface area contributed by atoms with Crippen molar-refractivity contribution in [1.29, 1.82) is 0 Å². The van der Waals surface area contributed by atoms with Crippen LogP contribution in [0.15, 0.2) is 77.4 Å². The number of rotatable bonds is 3. The molecule has 3 amide bonds. The maximum Gasteiger partial charge on any atom is 0.293 e. The molecule has 13 heteroatoms. The number of nitrogens with zero attached hydrogens (tertiary/aromatic N) is 6. The van der Waals surface area contributed by atoms with E-state index in [1.165, 1.54) is 4.90 Å². The summed E-state index contributed by atoms with van der Waals surface area (Å²) in [5.41, 5.74) is 1.51. The molecule has 2 N–H and O–H groups in total. The zero-order valence-corrected chi connectivity index (χ0v) is 24.8. The summed E-state index contributed by atoms with van der Waals surface area (Å²) >= 11 is 0. The summed E-state index contributed by atoms with van der Waals surface area (Å²) in [5.74, 6) is 0.156. The Morgan fingerprint density at radius 1 is 1.00 bits per heavy atom. The van der Waals surface area contributed by atoms with Crippen molar-refractivity contribution in [3.8, 4) is 17.1 Å². The van der Waals surface area contributed by atoms with E-state index in [9.17, 15) is 14.4 Å². The van der Waals surface area contributed by atoms with E-state index in [-0.39, 0.29) is 49.5 Å². The second-order valence-corrected chi connectivity index (χ2v) is 10.9. The summed E-state index contributed by atoms with van der Waals surface area (Å²) in [6, 6.07) is 19.2. The molecule has 6 rings (SSSR count). The van der Waals surface area contributed by atoms with Gasteiger partial charge in [-0.2, -0.15) is 5.10 Å². The van der Waals surface area contributed by atoms with Crippen molar-refractivity contribution in [3.05, 3.63) is 90.1 Å². The number of fused-ring (bicyclic) bond motifs is 4. The van der Waals surface area contributed by atoms with Gasteiger partial charge in [-0.25, -0.2) is 14.6 Å². The van der Waals surface area contributed by atoms with Crippen LogP contribution in [-0.4, -0.2) is 73.8 Å². The maximum absolute atomic E-state index is 13.7. The molecule has 0 fully saturated rings. The number of benzene rings is 2. The molecule has 230 valence electrons. The Hall–Kier alpha value is -5.59. The van der Waals surface area contributed by atoms with Crippen molar-refractivity contribution in [2.75, 3.05) is 26.2 Å². The number of pyridine rings is 1. The molecular formula is C32H32N8O5. The molecule has 0 radical (unpaired) electrons. The Labute approximate surface area is 258 Å². The molecule has 45 heavy (non-hydrogen) atoms. The van der Waals surface area contributed by atoms with Gasteiger partial charge < -0.3 is 24.8 Å². The second kappa shape index (κ2) is 13.0. The van der Waals surface area contributed by atoms with Crippen molar-refractivity contribution >= 4 is 28.8 Å². The molecular weight excluding hydrogens is 576 g/mol. The Morgan fingerprint density at radius 3 is 2.64 bits per heavy atom. The van der Waals surface area contributed by atoms with Crippen LogP contribution in [0.25, 0.3) is 22.4 Å². The minimum Gasteiger partial charge on any atom is -0.492 e. The highest BCUT2D eigenvalue weighted by atomic mass is 16.5. The number of nitrogens with one attached hydrogen (secondary N) is 2. The van der Waals surface area contributed by atoms with E-state index in [4.69, 9.17) is 19.3 Å². The molecule has 1 aliphatic heterocycles. The maximum atomic E-state index is 13.7. The van der Waals surface area contributed by atoms with E-state index in [2.05, 4.69) is 20.8 Å². The van der Waals surface area contributed by atoms with E-state index in [1.807, 2.05) is 44.2 Å². The third kappa shape index (κ3) is 6.51. The quantitative estimate of drug-likeness (QED) is 0.314. The Bertz CT molecular complexity index is 1830. The minimum atomic E-state index is -0.557. The smallest absolute Gasteiger partial charge is 0.293 e. The van der Waals surface area contributed by atoms with E-state index < -0.39 is 17.9 Å². The lowest BCUT2D eigenvalue weighted by Gasteiger charge is -2.25. The van der Waals surface area contributed by atoms with Gasteiger partial charge in [-0.15, -0.1) is 0 Å². The van der Waals surface area contributed by atoms with Crippen LogP contribution in [0.5, 0.6) is 5.75 Å². The van der Waals surface area contributed by atoms with Crippen LogP contribution in [0.4, 0.5) is 0 Å². The zero-order chi connectivity index (χ0) is 31.3. The van der Waals surface area contributed by atoms with Gasteiger partial charge in [-0.3, -0.25) is 14.4 Å². The number of amides is 3. The first-order valence-corrected chi connectivity index (χ1v) is 14.7. The van der Waals surface area contributed by atoms with E-state index in [0.717, 1.165) is 5.56 Å². The first-order valence-electron chi connectivity index (χ1n) is 14.7. The van der Waals surface area contributed by atoms with Crippen LogP contribution >= 0.6 is 0 Å². The lowest BCUT2D eigenvalue weighted by Crippen LogP contribution is -2.46. The third-order valence-corrected chi connectivity index (χ3v) is 7.40. The first-order chi connectivity index (χ1) is 21.9. The SMILES string of the molecule is CC(C)[C@@H]1NC(=O)CN(C(=O)c2onc3ncccc23)CCNC(=O)c2cccc(c2)OCCn2nc(-c3ccccc3)nc21. The molecule has 0 saturated heterocycles. The minimum absolute atomic E-state index is 0.0251. The first kappa shape index (κ1) is 29.5. The predicted molar refractivity (Wildman–Crippen MR) is 163 cm³/mol. The van der Waals surface area contributed by atoms with Gasteiger partial charge in [-0.05, 0) is 36.2 Å². The fourth-order valence-electron chi connectivity index (χ4n) is 5.10. The Kier molecular flexibility index (Phi) is 8.49. The monoisotopic (exact) mass is 608 g/mol. The third-order valence-electron chi connectivity index (χ3n) is 7.40. The van der Waals surface area contributed by atoms with Gasteiger partial charge in [-0.1, -0.05) is 55.4 Å². The number of ether oxygens (including phenoxy) is 1. The van der Waals surface area contributed by atoms with Gasteiger partial charge in [0, 0.05) is 30.4 Å². The molecule has 0 spiro atoms. The molecule has 1 aliphatic rings. The Morgan fingerprint density at radius 2 is 1.82 bits per heavy atom. The van der Waals surface area contributed by atoms with Crippen molar-refractivity contribution < 1.29 is 23.6 Å². The van der Waals surface area contributed by atoms with E-state index >= 15 is 0 Å². The van der Waals surface area contributed by atoms with E-state index in [0.29, 0.717) is 34.9 Å². The molecule has 3 aromatic heterocycles. The molecule has 0 aliphatic carbocycles. The van der Waals surface area contributed by atoms with Crippen LogP contribution < -0.4 is 15.4 Å². The highest BCUT2D eigenvalue weighted by Gasteiger charge is 2.29. The predicted octanol–water partition coefficient (Wildman–Crippen LogP) is 3.26. The number of carbonyl (C=O) groups is 3. The summed E-state index contributed by atoms with van der Waals surface area (Å²) in [6.07, 6.45) is 1.55. The van der Waals surface area contributed by atoms with Crippen LogP contribution in [0.3, 0.4) is 0 Å².